The Morgan fingerprint density at radius 3 is 2.70 bits per heavy atom. The van der Waals surface area contributed by atoms with E-state index in [4.69, 9.17) is 5.11 Å². The van der Waals surface area contributed by atoms with Gasteiger partial charge in [0, 0.05) is 44.6 Å². The van der Waals surface area contributed by atoms with E-state index < -0.39 is 5.97 Å². The van der Waals surface area contributed by atoms with E-state index >= 15 is 0 Å². The first-order valence-corrected chi connectivity index (χ1v) is 8.05. The summed E-state index contributed by atoms with van der Waals surface area (Å²) in [6, 6.07) is 0. The summed E-state index contributed by atoms with van der Waals surface area (Å²) in [6.07, 6.45) is 6.14. The third-order valence-corrected chi connectivity index (χ3v) is 4.15. The molecule has 0 bridgehead atoms. The summed E-state index contributed by atoms with van der Waals surface area (Å²) in [6.45, 7) is 4.15. The van der Waals surface area contributed by atoms with Crippen molar-refractivity contribution in [3.8, 4) is 0 Å². The summed E-state index contributed by atoms with van der Waals surface area (Å²) in [7, 11) is 5.99. The molecular weight excluding hydrogens is 294 g/mol. The molecule has 23 heavy (non-hydrogen) atoms. The van der Waals surface area contributed by atoms with Gasteiger partial charge >= 0.3 is 5.97 Å². The molecule has 1 atom stereocenters. The highest BCUT2D eigenvalue weighted by Crippen LogP contribution is 2.16. The van der Waals surface area contributed by atoms with Gasteiger partial charge in [-0.25, -0.2) is 9.97 Å². The van der Waals surface area contributed by atoms with E-state index in [1.54, 1.807) is 19.4 Å². The molecule has 0 radical (unpaired) electrons. The molecule has 1 aromatic rings. The van der Waals surface area contributed by atoms with E-state index in [-0.39, 0.29) is 6.54 Å². The van der Waals surface area contributed by atoms with Crippen molar-refractivity contribution in [3.05, 3.63) is 18.0 Å². The van der Waals surface area contributed by atoms with Crippen molar-refractivity contribution in [2.45, 2.75) is 19.4 Å². The van der Waals surface area contributed by atoms with Gasteiger partial charge in [-0.05, 0) is 39.4 Å². The zero-order chi connectivity index (χ0) is 16.8. The number of hydrogen-bond donors (Lipinski definition) is 1. The number of piperidine rings is 1. The van der Waals surface area contributed by atoms with Gasteiger partial charge in [-0.2, -0.15) is 0 Å². The van der Waals surface area contributed by atoms with Gasteiger partial charge in [0.2, 0.25) is 5.95 Å². The molecule has 1 aliphatic rings. The van der Waals surface area contributed by atoms with Gasteiger partial charge in [-0.15, -0.1) is 0 Å². The highest BCUT2D eigenvalue weighted by molar-refractivity contribution is 5.72. The minimum absolute atomic E-state index is 0.103. The molecule has 0 amide bonds. The fraction of sp³-hybridized carbons (Fsp3) is 0.688. The van der Waals surface area contributed by atoms with Gasteiger partial charge in [0.1, 0.15) is 6.54 Å². The highest BCUT2D eigenvalue weighted by atomic mass is 16.4. The van der Waals surface area contributed by atoms with Crippen molar-refractivity contribution >= 4 is 11.9 Å². The lowest BCUT2D eigenvalue weighted by molar-refractivity contribution is -0.135. The molecule has 0 aromatic carbocycles. The van der Waals surface area contributed by atoms with Crippen LogP contribution in [0.25, 0.3) is 0 Å². The predicted octanol–water partition coefficient (Wildman–Crippen LogP) is 0.771. The minimum atomic E-state index is -0.891. The average molecular weight is 321 g/mol. The highest BCUT2D eigenvalue weighted by Gasteiger charge is 2.18. The second-order valence-corrected chi connectivity index (χ2v) is 6.61. The minimum Gasteiger partial charge on any atom is -0.480 e. The van der Waals surface area contributed by atoms with Crippen LogP contribution in [0.4, 0.5) is 5.95 Å². The van der Waals surface area contributed by atoms with Crippen LogP contribution in [0.1, 0.15) is 18.4 Å². The fourth-order valence-corrected chi connectivity index (χ4v) is 3.14. The zero-order valence-electron chi connectivity index (χ0n) is 14.3. The number of carboxylic acids is 1. The van der Waals surface area contributed by atoms with Gasteiger partial charge < -0.3 is 19.8 Å². The van der Waals surface area contributed by atoms with E-state index in [0.717, 1.165) is 24.6 Å². The number of likely N-dealkylation sites (N-methyl/N-ethyl adjacent to an activating group) is 1. The van der Waals surface area contributed by atoms with Gasteiger partial charge in [-0.1, -0.05) is 0 Å². The Labute approximate surface area is 137 Å². The van der Waals surface area contributed by atoms with Crippen LogP contribution in [0.15, 0.2) is 12.4 Å². The van der Waals surface area contributed by atoms with Crippen LogP contribution in [-0.4, -0.2) is 78.2 Å². The third-order valence-electron chi connectivity index (χ3n) is 4.15. The van der Waals surface area contributed by atoms with Crippen molar-refractivity contribution in [2.75, 3.05) is 52.2 Å². The number of carbonyl (C=O) groups is 1. The van der Waals surface area contributed by atoms with E-state index in [2.05, 4.69) is 33.9 Å². The molecule has 0 saturated carbocycles. The molecule has 2 heterocycles. The van der Waals surface area contributed by atoms with Gasteiger partial charge in [0.05, 0.1) is 0 Å². The van der Waals surface area contributed by atoms with Crippen LogP contribution in [0.3, 0.4) is 0 Å². The fourth-order valence-electron chi connectivity index (χ4n) is 3.14. The number of rotatable bonds is 7. The lowest BCUT2D eigenvalue weighted by atomic mass is 9.98. The van der Waals surface area contributed by atoms with Crippen LogP contribution in [0, 0.1) is 5.92 Å². The summed E-state index contributed by atoms with van der Waals surface area (Å²) >= 11 is 0. The topological polar surface area (TPSA) is 72.8 Å². The maximum absolute atomic E-state index is 10.7. The zero-order valence-corrected chi connectivity index (χ0v) is 14.3. The first-order valence-electron chi connectivity index (χ1n) is 8.05. The standard InChI is InChI=1S/C16H27N5O2/c1-19-6-4-5-13(9-19)10-20(2)11-14-7-17-16(18-8-14)21(3)12-15(22)23/h7-8,13H,4-6,9-12H2,1-3H3,(H,22,23)/t13-/m1/s1. The summed E-state index contributed by atoms with van der Waals surface area (Å²) in [5, 5.41) is 8.79. The summed E-state index contributed by atoms with van der Waals surface area (Å²) in [4.78, 5) is 25.5. The lowest BCUT2D eigenvalue weighted by Crippen LogP contribution is -2.37. The third kappa shape index (κ3) is 5.76. The van der Waals surface area contributed by atoms with Crippen LogP contribution in [0.2, 0.25) is 0 Å². The number of nitrogens with zero attached hydrogens (tertiary/aromatic N) is 5. The number of aliphatic carboxylic acids is 1. The lowest BCUT2D eigenvalue weighted by Gasteiger charge is -2.32. The Morgan fingerprint density at radius 2 is 2.09 bits per heavy atom. The molecule has 7 heteroatoms. The first kappa shape index (κ1) is 17.6. The van der Waals surface area contributed by atoms with Crippen molar-refractivity contribution in [2.24, 2.45) is 5.92 Å². The smallest absolute Gasteiger partial charge is 0.323 e. The van der Waals surface area contributed by atoms with Gasteiger partial charge in [0.25, 0.3) is 0 Å². The number of carboxylic acid groups (broad SMARTS) is 1. The molecule has 7 nitrogen and oxygen atoms in total. The number of anilines is 1. The van der Waals surface area contributed by atoms with Crippen LogP contribution in [-0.2, 0) is 11.3 Å². The summed E-state index contributed by atoms with van der Waals surface area (Å²) < 4.78 is 0. The van der Waals surface area contributed by atoms with E-state index in [1.165, 1.54) is 30.8 Å². The molecule has 0 unspecified atom stereocenters. The molecule has 2 rings (SSSR count). The number of likely N-dealkylation sites (tertiary alicyclic amines) is 1. The number of aromatic nitrogens is 2. The van der Waals surface area contributed by atoms with Gasteiger partial charge in [0.15, 0.2) is 0 Å². The Hall–Kier alpha value is -1.73. The SMILES string of the molecule is CN1CCC[C@@H](CN(C)Cc2cnc(N(C)CC(=O)O)nc2)C1. The molecule has 0 aliphatic carbocycles. The Kier molecular flexibility index (Phi) is 6.29. The Morgan fingerprint density at radius 1 is 1.39 bits per heavy atom. The molecular formula is C16H27N5O2. The van der Waals surface area contributed by atoms with E-state index in [0.29, 0.717) is 5.95 Å². The molecule has 1 fully saturated rings. The maximum Gasteiger partial charge on any atom is 0.323 e. The Balaban J connectivity index is 1.83. The van der Waals surface area contributed by atoms with Crippen molar-refractivity contribution in [1.29, 1.82) is 0 Å². The van der Waals surface area contributed by atoms with Gasteiger partial charge in [-0.3, -0.25) is 4.79 Å². The maximum atomic E-state index is 10.7. The second kappa shape index (κ2) is 8.21. The normalized spacial score (nSPS) is 19.0. The molecule has 1 saturated heterocycles. The quantitative estimate of drug-likeness (QED) is 0.795. The molecule has 0 spiro atoms. The predicted molar refractivity (Wildman–Crippen MR) is 89.5 cm³/mol. The van der Waals surface area contributed by atoms with E-state index in [1.807, 2.05) is 0 Å². The van der Waals surface area contributed by atoms with Crippen molar-refractivity contribution in [3.63, 3.8) is 0 Å². The van der Waals surface area contributed by atoms with Crippen LogP contribution >= 0.6 is 0 Å². The summed E-state index contributed by atoms with van der Waals surface area (Å²) in [5.74, 6) is 0.269. The van der Waals surface area contributed by atoms with Crippen molar-refractivity contribution in [1.82, 2.24) is 19.8 Å². The molecule has 128 valence electrons. The molecule has 1 aliphatic heterocycles. The van der Waals surface area contributed by atoms with E-state index in [9.17, 15) is 4.79 Å². The van der Waals surface area contributed by atoms with Crippen LogP contribution < -0.4 is 4.90 Å². The Bertz CT molecular complexity index is 508. The molecule has 1 N–H and O–H groups in total. The second-order valence-electron chi connectivity index (χ2n) is 6.61. The number of hydrogen-bond acceptors (Lipinski definition) is 6. The monoisotopic (exact) mass is 321 g/mol. The van der Waals surface area contributed by atoms with Crippen LogP contribution in [0.5, 0.6) is 0 Å². The first-order chi connectivity index (χ1) is 10.9. The average Bonchev–Trinajstić information content (AvgIpc) is 2.47. The van der Waals surface area contributed by atoms with Crippen molar-refractivity contribution < 1.29 is 9.90 Å². The largest absolute Gasteiger partial charge is 0.480 e. The summed E-state index contributed by atoms with van der Waals surface area (Å²) in [5.41, 5.74) is 1.05. The molecule has 1 aromatic heterocycles.